The first-order valence-electron chi connectivity index (χ1n) is 6.26. The Morgan fingerprint density at radius 2 is 1.95 bits per heavy atom. The highest BCUT2D eigenvalue weighted by Gasteiger charge is 2.08. The van der Waals surface area contributed by atoms with Crippen LogP contribution >= 0.6 is 15.9 Å². The van der Waals surface area contributed by atoms with Gasteiger partial charge < -0.3 is 10.1 Å². The Bertz CT molecular complexity index is 744. The molecule has 6 heteroatoms. The van der Waals surface area contributed by atoms with Gasteiger partial charge >= 0.3 is 0 Å². The van der Waals surface area contributed by atoms with E-state index >= 15 is 0 Å². The molecule has 2 aromatic carbocycles. The van der Waals surface area contributed by atoms with E-state index in [1.54, 1.807) is 25.3 Å². The van der Waals surface area contributed by atoms with E-state index < -0.39 is 9.84 Å². The topological polar surface area (TPSA) is 55.4 Å². The molecule has 0 fully saturated rings. The van der Waals surface area contributed by atoms with Crippen LogP contribution in [-0.4, -0.2) is 21.8 Å². The van der Waals surface area contributed by atoms with E-state index in [2.05, 4.69) is 21.2 Å². The maximum Gasteiger partial charge on any atom is 0.175 e. The number of anilines is 1. The second kappa shape index (κ2) is 6.49. The van der Waals surface area contributed by atoms with Crippen molar-refractivity contribution >= 4 is 31.5 Å². The highest BCUT2D eigenvalue weighted by molar-refractivity contribution is 9.10. The van der Waals surface area contributed by atoms with Crippen molar-refractivity contribution < 1.29 is 13.2 Å². The van der Waals surface area contributed by atoms with Gasteiger partial charge in [-0.3, -0.25) is 0 Å². The number of benzene rings is 2. The van der Waals surface area contributed by atoms with Crippen LogP contribution in [0.15, 0.2) is 51.8 Å². The van der Waals surface area contributed by atoms with Crippen LogP contribution in [0.5, 0.6) is 5.75 Å². The molecule has 0 amide bonds. The molecule has 0 aliphatic carbocycles. The Morgan fingerprint density at radius 3 is 2.62 bits per heavy atom. The van der Waals surface area contributed by atoms with Crippen LogP contribution in [0.4, 0.5) is 5.69 Å². The number of ether oxygens (including phenoxy) is 1. The van der Waals surface area contributed by atoms with Crippen molar-refractivity contribution in [1.29, 1.82) is 0 Å². The summed E-state index contributed by atoms with van der Waals surface area (Å²) in [5.41, 5.74) is 1.78. The summed E-state index contributed by atoms with van der Waals surface area (Å²) in [5.74, 6) is 0.778. The van der Waals surface area contributed by atoms with Crippen LogP contribution in [-0.2, 0) is 16.4 Å². The van der Waals surface area contributed by atoms with Gasteiger partial charge in [0.05, 0.1) is 12.0 Å². The molecule has 0 spiro atoms. The largest absolute Gasteiger partial charge is 0.497 e. The van der Waals surface area contributed by atoms with Crippen molar-refractivity contribution in [2.45, 2.75) is 11.4 Å². The first kappa shape index (κ1) is 15.9. The van der Waals surface area contributed by atoms with E-state index in [9.17, 15) is 8.42 Å². The molecule has 0 aromatic heterocycles. The fourth-order valence-corrected chi connectivity index (χ4v) is 2.90. The molecule has 0 saturated heterocycles. The molecule has 4 nitrogen and oxygen atoms in total. The lowest BCUT2D eigenvalue weighted by Crippen LogP contribution is -2.03. The SMILES string of the molecule is COc1ccc(Br)c(CNc2cccc(S(C)(=O)=O)c2)c1. The average molecular weight is 370 g/mol. The van der Waals surface area contributed by atoms with Crippen molar-refractivity contribution in [2.24, 2.45) is 0 Å². The Balaban J connectivity index is 2.17. The molecule has 112 valence electrons. The number of nitrogens with one attached hydrogen (secondary N) is 1. The summed E-state index contributed by atoms with van der Waals surface area (Å²) in [4.78, 5) is 0.303. The minimum atomic E-state index is -3.20. The van der Waals surface area contributed by atoms with Crippen LogP contribution in [0.25, 0.3) is 0 Å². The summed E-state index contributed by atoms with van der Waals surface area (Å²) in [6.07, 6.45) is 1.20. The standard InChI is InChI=1S/C15H16BrNO3S/c1-20-13-6-7-15(16)11(8-13)10-17-12-4-3-5-14(9-12)21(2,18)19/h3-9,17H,10H2,1-2H3. The van der Waals surface area contributed by atoms with Crippen LogP contribution in [0.1, 0.15) is 5.56 Å². The summed E-state index contributed by atoms with van der Waals surface area (Å²) in [5, 5.41) is 3.22. The third-order valence-corrected chi connectivity index (χ3v) is 4.88. The van der Waals surface area contributed by atoms with E-state index in [-0.39, 0.29) is 0 Å². The fourth-order valence-electron chi connectivity index (χ4n) is 1.85. The highest BCUT2D eigenvalue weighted by atomic mass is 79.9. The van der Waals surface area contributed by atoms with Crippen molar-refractivity contribution in [3.05, 3.63) is 52.5 Å². The lowest BCUT2D eigenvalue weighted by Gasteiger charge is -2.10. The van der Waals surface area contributed by atoms with Crippen molar-refractivity contribution in [3.63, 3.8) is 0 Å². The zero-order chi connectivity index (χ0) is 15.5. The Hall–Kier alpha value is -1.53. The van der Waals surface area contributed by atoms with Crippen molar-refractivity contribution in [1.82, 2.24) is 0 Å². The van der Waals surface area contributed by atoms with Gasteiger partial charge in [0, 0.05) is 23.0 Å². The average Bonchev–Trinajstić information content (AvgIpc) is 2.46. The molecule has 1 N–H and O–H groups in total. The number of sulfone groups is 1. The molecule has 0 aliphatic rings. The van der Waals surface area contributed by atoms with Gasteiger partial charge in [-0.2, -0.15) is 0 Å². The van der Waals surface area contributed by atoms with E-state index in [4.69, 9.17) is 4.74 Å². The molecule has 21 heavy (non-hydrogen) atoms. The van der Waals surface area contributed by atoms with Gasteiger partial charge in [-0.05, 0) is 42.0 Å². The zero-order valence-corrected chi connectivity index (χ0v) is 14.2. The number of hydrogen-bond donors (Lipinski definition) is 1. The molecule has 0 heterocycles. The predicted octanol–water partition coefficient (Wildman–Crippen LogP) is 3.47. The predicted molar refractivity (Wildman–Crippen MR) is 87.6 cm³/mol. The second-order valence-electron chi connectivity index (χ2n) is 4.61. The van der Waals surface area contributed by atoms with Crippen molar-refractivity contribution in [3.8, 4) is 5.75 Å². The quantitative estimate of drug-likeness (QED) is 0.876. The molecule has 0 atom stereocenters. The summed E-state index contributed by atoms with van der Waals surface area (Å²) >= 11 is 3.49. The molecule has 0 saturated carbocycles. The first-order valence-corrected chi connectivity index (χ1v) is 8.95. The molecule has 0 radical (unpaired) electrons. The first-order chi connectivity index (χ1) is 9.90. The van der Waals surface area contributed by atoms with Gasteiger partial charge in [-0.25, -0.2) is 8.42 Å². The molecular formula is C15H16BrNO3S. The third-order valence-electron chi connectivity index (χ3n) is 3.00. The van der Waals surface area contributed by atoms with Crippen LogP contribution in [0.3, 0.4) is 0 Å². The number of halogens is 1. The van der Waals surface area contributed by atoms with Gasteiger partial charge in [0.2, 0.25) is 0 Å². The van der Waals surface area contributed by atoms with E-state index in [0.717, 1.165) is 21.5 Å². The van der Waals surface area contributed by atoms with E-state index in [1.165, 1.54) is 6.26 Å². The highest BCUT2D eigenvalue weighted by Crippen LogP contribution is 2.24. The van der Waals surface area contributed by atoms with Gasteiger partial charge in [0.1, 0.15) is 5.75 Å². The Morgan fingerprint density at radius 1 is 1.19 bits per heavy atom. The number of hydrogen-bond acceptors (Lipinski definition) is 4. The second-order valence-corrected chi connectivity index (χ2v) is 7.48. The van der Waals surface area contributed by atoms with Crippen LogP contribution in [0, 0.1) is 0 Å². The van der Waals surface area contributed by atoms with Crippen LogP contribution < -0.4 is 10.1 Å². The van der Waals surface area contributed by atoms with Gasteiger partial charge in [0.25, 0.3) is 0 Å². The Kier molecular flexibility index (Phi) is 4.90. The summed E-state index contributed by atoms with van der Waals surface area (Å²) in [6, 6.07) is 12.5. The minimum absolute atomic E-state index is 0.303. The molecule has 0 bridgehead atoms. The smallest absolute Gasteiger partial charge is 0.175 e. The monoisotopic (exact) mass is 369 g/mol. The number of methoxy groups -OCH3 is 1. The van der Waals surface area contributed by atoms with E-state index in [1.807, 2.05) is 24.3 Å². The Labute approximate surface area is 133 Å². The molecule has 0 aliphatic heterocycles. The van der Waals surface area contributed by atoms with Crippen molar-refractivity contribution in [2.75, 3.05) is 18.7 Å². The summed E-state index contributed by atoms with van der Waals surface area (Å²) in [7, 11) is -1.58. The molecule has 2 aromatic rings. The normalized spacial score (nSPS) is 11.2. The maximum absolute atomic E-state index is 11.5. The van der Waals surface area contributed by atoms with Gasteiger partial charge in [0.15, 0.2) is 9.84 Å². The zero-order valence-electron chi connectivity index (χ0n) is 11.8. The third kappa shape index (κ3) is 4.22. The lowest BCUT2D eigenvalue weighted by atomic mass is 10.2. The lowest BCUT2D eigenvalue weighted by molar-refractivity contribution is 0.414. The molecular weight excluding hydrogens is 354 g/mol. The molecule has 2 rings (SSSR count). The molecule has 0 unspecified atom stereocenters. The summed E-state index contributed by atoms with van der Waals surface area (Å²) < 4.78 is 29.3. The van der Waals surface area contributed by atoms with Gasteiger partial charge in [-0.1, -0.05) is 22.0 Å². The van der Waals surface area contributed by atoms with Gasteiger partial charge in [-0.15, -0.1) is 0 Å². The van der Waals surface area contributed by atoms with E-state index in [0.29, 0.717) is 11.4 Å². The van der Waals surface area contributed by atoms with Crippen LogP contribution in [0.2, 0.25) is 0 Å². The maximum atomic E-state index is 11.5. The number of rotatable bonds is 5. The summed E-state index contributed by atoms with van der Waals surface area (Å²) in [6.45, 7) is 0.561. The fraction of sp³-hybridized carbons (Fsp3) is 0.200. The minimum Gasteiger partial charge on any atom is -0.497 e.